The molecule has 1 nitrogen and oxygen atoms in total. The predicted molar refractivity (Wildman–Crippen MR) is 54.3 cm³/mol. The number of aliphatic hydroxyl groups excluding tert-OH is 1. The van der Waals surface area contributed by atoms with Gasteiger partial charge in [0.2, 0.25) is 0 Å². The number of hydrogen-bond acceptors (Lipinski definition) is 1. The van der Waals surface area contributed by atoms with Crippen molar-refractivity contribution in [1.82, 2.24) is 0 Å². The maximum atomic E-state index is 12.9. The van der Waals surface area contributed by atoms with E-state index in [1.54, 1.807) is 0 Å². The van der Waals surface area contributed by atoms with Crippen molar-refractivity contribution in [2.45, 2.75) is 30.6 Å². The minimum atomic E-state index is -4.41. The Morgan fingerprint density at radius 1 is 1.29 bits per heavy atom. The first-order valence-electron chi connectivity index (χ1n) is 5.30. The second-order valence-electron chi connectivity index (χ2n) is 4.52. The molecule has 0 spiro atoms. The molecule has 5 heteroatoms. The highest BCUT2D eigenvalue weighted by Gasteiger charge is 2.46. The molecule has 0 unspecified atom stereocenters. The first-order valence-corrected chi connectivity index (χ1v) is 5.30. The summed E-state index contributed by atoms with van der Waals surface area (Å²) < 4.78 is 50.5. The number of rotatable bonds is 2. The van der Waals surface area contributed by atoms with Crippen LogP contribution in [0.5, 0.6) is 0 Å². The molecule has 0 heterocycles. The predicted octanol–water partition coefficient (Wildman–Crippen LogP) is 3.07. The zero-order chi connectivity index (χ0) is 12.7. The molecule has 0 atom stereocenters. The number of halogens is 4. The Bertz CT molecular complexity index is 407. The highest BCUT2D eigenvalue weighted by Crippen LogP contribution is 2.46. The van der Waals surface area contributed by atoms with Crippen molar-refractivity contribution in [1.29, 1.82) is 0 Å². The average Bonchev–Trinajstić information content (AvgIpc) is 2.23. The van der Waals surface area contributed by atoms with Crippen molar-refractivity contribution in [2.75, 3.05) is 6.61 Å². The largest absolute Gasteiger partial charge is 0.416 e. The molecule has 1 aromatic rings. The first kappa shape index (κ1) is 12.4. The fourth-order valence-electron chi connectivity index (χ4n) is 2.27. The molecule has 0 saturated heterocycles. The second-order valence-corrected chi connectivity index (χ2v) is 4.52. The Kier molecular flexibility index (Phi) is 2.89. The van der Waals surface area contributed by atoms with E-state index in [2.05, 4.69) is 0 Å². The van der Waals surface area contributed by atoms with Gasteiger partial charge in [-0.3, -0.25) is 0 Å². The lowest BCUT2D eigenvalue weighted by Crippen LogP contribution is -2.45. The van der Waals surface area contributed by atoms with E-state index in [-0.39, 0.29) is 19.4 Å². The topological polar surface area (TPSA) is 20.2 Å². The van der Waals surface area contributed by atoms with Crippen LogP contribution in [0.3, 0.4) is 0 Å². The lowest BCUT2D eigenvalue weighted by Gasteiger charge is -2.43. The van der Waals surface area contributed by atoms with Gasteiger partial charge in [0, 0.05) is 5.41 Å². The fraction of sp³-hybridized carbons (Fsp3) is 0.500. The maximum absolute atomic E-state index is 12.9. The van der Waals surface area contributed by atoms with Gasteiger partial charge in [0.05, 0.1) is 12.2 Å². The molecule has 0 bridgehead atoms. The monoisotopic (exact) mass is 248 g/mol. The van der Waals surface area contributed by atoms with Crippen molar-refractivity contribution in [3.05, 3.63) is 35.4 Å². The lowest BCUT2D eigenvalue weighted by molar-refractivity contribution is -0.137. The van der Waals surface area contributed by atoms with Crippen molar-refractivity contribution in [3.8, 4) is 0 Å². The number of hydrogen-bond donors (Lipinski definition) is 1. The Hall–Kier alpha value is -1.10. The normalized spacial score (nSPS) is 28.9. The van der Waals surface area contributed by atoms with Gasteiger partial charge in [-0.15, -0.1) is 0 Å². The van der Waals surface area contributed by atoms with Gasteiger partial charge in [-0.25, -0.2) is 4.39 Å². The van der Waals surface area contributed by atoms with Crippen LogP contribution in [0, 0.1) is 0 Å². The van der Waals surface area contributed by atoms with Crippen LogP contribution in [0.15, 0.2) is 24.3 Å². The third-order valence-electron chi connectivity index (χ3n) is 3.33. The van der Waals surface area contributed by atoms with Gasteiger partial charge in [-0.2, -0.15) is 13.2 Å². The van der Waals surface area contributed by atoms with Crippen LogP contribution >= 0.6 is 0 Å². The lowest BCUT2D eigenvalue weighted by atomic mass is 9.63. The van der Waals surface area contributed by atoms with Gasteiger partial charge in [-0.05, 0) is 24.5 Å². The minimum Gasteiger partial charge on any atom is -0.395 e. The summed E-state index contributed by atoms with van der Waals surface area (Å²) >= 11 is 0. The zero-order valence-corrected chi connectivity index (χ0v) is 8.97. The Balaban J connectivity index is 2.33. The van der Waals surface area contributed by atoms with Crippen LogP contribution in [0.1, 0.15) is 24.0 Å². The zero-order valence-electron chi connectivity index (χ0n) is 8.97. The van der Waals surface area contributed by atoms with E-state index in [1.165, 1.54) is 12.1 Å². The summed E-state index contributed by atoms with van der Waals surface area (Å²) in [6, 6.07) is 4.78. The third-order valence-corrected chi connectivity index (χ3v) is 3.33. The molecule has 1 aliphatic carbocycles. The molecule has 1 saturated carbocycles. The van der Waals surface area contributed by atoms with E-state index >= 15 is 0 Å². The quantitative estimate of drug-likeness (QED) is 0.797. The highest BCUT2D eigenvalue weighted by molar-refractivity contribution is 5.34. The summed E-state index contributed by atoms with van der Waals surface area (Å²) in [7, 11) is 0. The first-order chi connectivity index (χ1) is 7.87. The third kappa shape index (κ3) is 2.16. The van der Waals surface area contributed by atoms with E-state index in [1.807, 2.05) is 0 Å². The van der Waals surface area contributed by atoms with E-state index in [9.17, 15) is 22.7 Å². The fourth-order valence-corrected chi connectivity index (χ4v) is 2.27. The van der Waals surface area contributed by atoms with Gasteiger partial charge in [0.1, 0.15) is 6.17 Å². The molecule has 1 N–H and O–H groups in total. The van der Waals surface area contributed by atoms with Crippen molar-refractivity contribution in [3.63, 3.8) is 0 Å². The summed E-state index contributed by atoms with van der Waals surface area (Å²) in [5.74, 6) is 0. The van der Waals surface area contributed by atoms with Crippen LogP contribution in [-0.2, 0) is 11.6 Å². The van der Waals surface area contributed by atoms with Gasteiger partial charge < -0.3 is 5.11 Å². The Labute approximate surface area is 96.1 Å². The maximum Gasteiger partial charge on any atom is 0.416 e. The van der Waals surface area contributed by atoms with E-state index in [4.69, 9.17) is 0 Å². The smallest absolute Gasteiger partial charge is 0.395 e. The summed E-state index contributed by atoms with van der Waals surface area (Å²) in [5, 5.41) is 9.25. The molecular formula is C12H12F4O. The van der Waals surface area contributed by atoms with Gasteiger partial charge in [-0.1, -0.05) is 18.2 Å². The Morgan fingerprint density at radius 2 is 1.94 bits per heavy atom. The van der Waals surface area contributed by atoms with Crippen LogP contribution in [0.4, 0.5) is 17.6 Å². The van der Waals surface area contributed by atoms with Crippen molar-refractivity contribution < 1.29 is 22.7 Å². The number of alkyl halides is 4. The summed E-state index contributed by atoms with van der Waals surface area (Å²) in [6.07, 6.45) is -5.27. The standard InChI is InChI=1S/C12H12F4O/c13-10-5-11(6-10,7-17)8-2-1-3-9(4-8)12(14,15)16/h1-4,10,17H,5-7H2. The second kappa shape index (κ2) is 3.98. The van der Waals surface area contributed by atoms with Crippen molar-refractivity contribution >= 4 is 0 Å². The van der Waals surface area contributed by atoms with E-state index < -0.39 is 23.3 Å². The van der Waals surface area contributed by atoms with Crippen LogP contribution in [0.25, 0.3) is 0 Å². The summed E-state index contributed by atoms with van der Waals surface area (Å²) in [6.45, 7) is -0.325. The minimum absolute atomic E-state index is 0.0881. The average molecular weight is 248 g/mol. The number of benzene rings is 1. The molecule has 0 aromatic heterocycles. The van der Waals surface area contributed by atoms with Crippen molar-refractivity contribution in [2.24, 2.45) is 0 Å². The van der Waals surface area contributed by atoms with E-state index in [0.717, 1.165) is 12.1 Å². The van der Waals surface area contributed by atoms with Crippen LogP contribution in [0.2, 0.25) is 0 Å². The van der Waals surface area contributed by atoms with Gasteiger partial charge >= 0.3 is 6.18 Å². The van der Waals surface area contributed by atoms with Gasteiger partial charge in [0.25, 0.3) is 0 Å². The molecule has 17 heavy (non-hydrogen) atoms. The van der Waals surface area contributed by atoms with E-state index in [0.29, 0.717) is 5.56 Å². The SMILES string of the molecule is OCC1(c2cccc(C(F)(F)F)c2)CC(F)C1. The molecule has 0 aliphatic heterocycles. The van der Waals surface area contributed by atoms with Crippen LogP contribution < -0.4 is 0 Å². The Morgan fingerprint density at radius 3 is 2.41 bits per heavy atom. The summed E-state index contributed by atoms with van der Waals surface area (Å²) in [5.41, 5.74) is -1.23. The molecule has 0 radical (unpaired) electrons. The molecule has 2 rings (SSSR count). The molecule has 1 aliphatic rings. The molecule has 94 valence electrons. The molecule has 1 aromatic carbocycles. The van der Waals surface area contributed by atoms with Crippen LogP contribution in [-0.4, -0.2) is 17.9 Å². The van der Waals surface area contributed by atoms with Gasteiger partial charge in [0.15, 0.2) is 0 Å². The molecular weight excluding hydrogens is 236 g/mol. The molecule has 0 amide bonds. The number of aliphatic hydroxyl groups is 1. The summed E-state index contributed by atoms with van der Waals surface area (Å²) in [4.78, 5) is 0. The highest BCUT2D eigenvalue weighted by atomic mass is 19.4. The molecule has 1 fully saturated rings.